The molecule has 3 atom stereocenters. The summed E-state index contributed by atoms with van der Waals surface area (Å²) in [5, 5.41) is 0. The highest BCUT2D eigenvalue weighted by molar-refractivity contribution is 5.26. The van der Waals surface area contributed by atoms with Crippen LogP contribution in [0.1, 0.15) is 26.2 Å². The highest BCUT2D eigenvalue weighted by Gasteiger charge is 2.42. The van der Waals surface area contributed by atoms with Crippen LogP contribution in [-0.2, 0) is 0 Å². The van der Waals surface area contributed by atoms with E-state index in [4.69, 9.17) is 0 Å². The fourth-order valence-corrected chi connectivity index (χ4v) is 3.31. The number of piperidine rings is 1. The highest BCUT2D eigenvalue weighted by atomic mass is 19.4. The summed E-state index contributed by atoms with van der Waals surface area (Å²) < 4.78 is 78.7. The molecule has 0 saturated carbocycles. The number of likely N-dealkylation sites (tertiary alicyclic amines) is 1. The lowest BCUT2D eigenvalue weighted by molar-refractivity contribution is -0.150. The molecule has 0 aromatic heterocycles. The minimum Gasteiger partial charge on any atom is -0.363 e. The monoisotopic (exact) mass is 325 g/mol. The molecule has 1 aliphatic carbocycles. The van der Waals surface area contributed by atoms with E-state index in [0.29, 0.717) is 18.2 Å². The van der Waals surface area contributed by atoms with E-state index in [1.807, 2.05) is 0 Å². The molecule has 0 aromatic rings. The normalized spacial score (nSPS) is 30.7. The van der Waals surface area contributed by atoms with Gasteiger partial charge in [-0.05, 0) is 25.7 Å². The lowest BCUT2D eigenvalue weighted by Crippen LogP contribution is -2.48. The maximum Gasteiger partial charge on any atom is 0.405 e. The molecule has 1 fully saturated rings. The maximum absolute atomic E-state index is 14.0. The van der Waals surface area contributed by atoms with Crippen LogP contribution in [0, 0.1) is 11.8 Å². The van der Waals surface area contributed by atoms with Gasteiger partial charge < -0.3 is 4.90 Å². The van der Waals surface area contributed by atoms with Crippen LogP contribution in [-0.4, -0.2) is 23.7 Å². The highest BCUT2D eigenvalue weighted by Crippen LogP contribution is 2.44. The van der Waals surface area contributed by atoms with E-state index in [0.717, 1.165) is 4.90 Å². The Morgan fingerprint density at radius 3 is 2.50 bits per heavy atom. The molecular weight excluding hydrogens is 308 g/mol. The van der Waals surface area contributed by atoms with Crippen LogP contribution in [0.2, 0.25) is 0 Å². The Morgan fingerprint density at radius 2 is 1.91 bits per heavy atom. The summed E-state index contributed by atoms with van der Waals surface area (Å²) in [6.45, 7) is 3.94. The SMILES string of the molecule is C=C1CCC(C2CC(F)=CC(F)=C2F)C(C)N1CC(F)(F)F. The van der Waals surface area contributed by atoms with E-state index >= 15 is 0 Å². The van der Waals surface area contributed by atoms with E-state index in [1.165, 1.54) is 6.92 Å². The number of allylic oxidation sites excluding steroid dienone is 5. The predicted octanol–water partition coefficient (Wildman–Crippen LogP) is 5.19. The van der Waals surface area contributed by atoms with Crippen LogP contribution in [0.25, 0.3) is 0 Å². The Bertz CT molecular complexity index is 519. The molecule has 2 aliphatic rings. The van der Waals surface area contributed by atoms with E-state index in [1.54, 1.807) is 0 Å². The second-order valence-corrected chi connectivity index (χ2v) is 5.85. The molecule has 2 rings (SSSR count). The van der Waals surface area contributed by atoms with E-state index in [-0.39, 0.29) is 12.8 Å². The number of nitrogens with zero attached hydrogens (tertiary/aromatic N) is 1. The minimum absolute atomic E-state index is 0.252. The molecule has 1 saturated heterocycles. The first-order chi connectivity index (χ1) is 10.1. The van der Waals surface area contributed by atoms with Crippen LogP contribution in [0.3, 0.4) is 0 Å². The molecule has 0 N–H and O–H groups in total. The summed E-state index contributed by atoms with van der Waals surface area (Å²) in [5.74, 6) is -4.80. The summed E-state index contributed by atoms with van der Waals surface area (Å²) in [6, 6.07) is -0.697. The molecule has 124 valence electrons. The second-order valence-electron chi connectivity index (χ2n) is 5.85. The zero-order valence-electron chi connectivity index (χ0n) is 12.1. The van der Waals surface area contributed by atoms with E-state index in [9.17, 15) is 26.3 Å². The van der Waals surface area contributed by atoms with Gasteiger partial charge in [0.1, 0.15) is 18.2 Å². The average Bonchev–Trinajstić information content (AvgIpc) is 2.38. The van der Waals surface area contributed by atoms with Gasteiger partial charge in [0.2, 0.25) is 0 Å². The molecule has 1 heterocycles. The maximum atomic E-state index is 14.0. The standard InChI is InChI=1S/C15H17F6N/c1-8-3-4-11(9(2)22(8)7-15(19,20)21)12-5-10(16)6-13(17)14(12)18/h6,9,11-12H,1,3-5,7H2,2H3. The van der Waals surface area contributed by atoms with Crippen molar-refractivity contribution in [3.05, 3.63) is 35.8 Å². The van der Waals surface area contributed by atoms with Gasteiger partial charge in [0.05, 0.1) is 0 Å². The zero-order valence-corrected chi connectivity index (χ0v) is 12.1. The molecule has 7 heteroatoms. The van der Waals surface area contributed by atoms with Crippen LogP contribution in [0.5, 0.6) is 0 Å². The van der Waals surface area contributed by atoms with Gasteiger partial charge in [-0.25, -0.2) is 13.2 Å². The molecule has 0 radical (unpaired) electrons. The smallest absolute Gasteiger partial charge is 0.363 e. The van der Waals surface area contributed by atoms with Gasteiger partial charge in [0.15, 0.2) is 5.83 Å². The van der Waals surface area contributed by atoms with Crippen molar-refractivity contribution < 1.29 is 26.3 Å². The first-order valence-corrected chi connectivity index (χ1v) is 7.02. The fraction of sp³-hybridized carbons (Fsp3) is 0.600. The van der Waals surface area contributed by atoms with Gasteiger partial charge in [0, 0.05) is 30.2 Å². The Hall–Kier alpha value is -1.40. The number of halogens is 6. The van der Waals surface area contributed by atoms with E-state index < -0.39 is 48.1 Å². The first kappa shape index (κ1) is 17.0. The fourth-order valence-electron chi connectivity index (χ4n) is 3.31. The molecule has 1 aliphatic heterocycles. The van der Waals surface area contributed by atoms with Crippen LogP contribution < -0.4 is 0 Å². The topological polar surface area (TPSA) is 3.24 Å². The van der Waals surface area contributed by atoms with Crippen LogP contribution >= 0.6 is 0 Å². The van der Waals surface area contributed by atoms with Gasteiger partial charge in [-0.3, -0.25) is 0 Å². The lowest BCUT2D eigenvalue weighted by atomic mass is 9.75. The van der Waals surface area contributed by atoms with Gasteiger partial charge in [0.25, 0.3) is 0 Å². The summed E-state index contributed by atoms with van der Waals surface area (Å²) in [7, 11) is 0. The Labute approximate surface area is 125 Å². The molecule has 22 heavy (non-hydrogen) atoms. The summed E-state index contributed by atoms with van der Waals surface area (Å²) in [4.78, 5) is 1.07. The molecule has 0 bridgehead atoms. The third kappa shape index (κ3) is 3.50. The third-order valence-corrected chi connectivity index (χ3v) is 4.40. The number of rotatable bonds is 2. The molecule has 0 aromatic carbocycles. The molecule has 3 unspecified atom stereocenters. The minimum atomic E-state index is -4.42. The summed E-state index contributed by atoms with van der Waals surface area (Å²) in [6.07, 6.45) is -3.64. The van der Waals surface area contributed by atoms with Crippen molar-refractivity contribution in [2.75, 3.05) is 6.54 Å². The van der Waals surface area contributed by atoms with Crippen molar-refractivity contribution in [2.45, 2.75) is 38.4 Å². The quantitative estimate of drug-likeness (QED) is 0.632. The summed E-state index contributed by atoms with van der Waals surface area (Å²) in [5.41, 5.74) is 0.317. The number of hydrogen-bond donors (Lipinski definition) is 0. The van der Waals surface area contributed by atoms with Crippen molar-refractivity contribution in [3.63, 3.8) is 0 Å². The number of alkyl halides is 3. The van der Waals surface area contributed by atoms with Gasteiger partial charge in [-0.2, -0.15) is 13.2 Å². The largest absolute Gasteiger partial charge is 0.405 e. The number of hydrogen-bond acceptors (Lipinski definition) is 1. The van der Waals surface area contributed by atoms with Crippen LogP contribution in [0.15, 0.2) is 35.8 Å². The summed E-state index contributed by atoms with van der Waals surface area (Å²) >= 11 is 0. The van der Waals surface area contributed by atoms with Crippen molar-refractivity contribution in [3.8, 4) is 0 Å². The lowest BCUT2D eigenvalue weighted by Gasteiger charge is -2.45. The molecule has 1 nitrogen and oxygen atoms in total. The van der Waals surface area contributed by atoms with Gasteiger partial charge in [-0.1, -0.05) is 6.58 Å². The average molecular weight is 325 g/mol. The third-order valence-electron chi connectivity index (χ3n) is 4.40. The molecule has 0 spiro atoms. The molecule has 0 amide bonds. The van der Waals surface area contributed by atoms with Crippen molar-refractivity contribution in [1.82, 2.24) is 4.90 Å². The Kier molecular flexibility index (Phi) is 4.63. The zero-order chi connectivity index (χ0) is 16.7. The Morgan fingerprint density at radius 1 is 1.27 bits per heavy atom. The second kappa shape index (κ2) is 6.01. The van der Waals surface area contributed by atoms with Crippen molar-refractivity contribution in [1.29, 1.82) is 0 Å². The van der Waals surface area contributed by atoms with Crippen LogP contribution in [0.4, 0.5) is 26.3 Å². The Balaban J connectivity index is 2.22. The van der Waals surface area contributed by atoms with E-state index in [2.05, 4.69) is 6.58 Å². The van der Waals surface area contributed by atoms with Crippen molar-refractivity contribution >= 4 is 0 Å². The van der Waals surface area contributed by atoms with Gasteiger partial charge in [-0.15, -0.1) is 0 Å². The first-order valence-electron chi connectivity index (χ1n) is 7.02. The van der Waals surface area contributed by atoms with Crippen molar-refractivity contribution in [2.24, 2.45) is 11.8 Å². The van der Waals surface area contributed by atoms with Gasteiger partial charge >= 0.3 is 6.18 Å². The molecular formula is C15H17F6N. The predicted molar refractivity (Wildman–Crippen MR) is 70.6 cm³/mol.